The van der Waals surface area contributed by atoms with E-state index in [1.165, 1.54) is 30.3 Å². The lowest BCUT2D eigenvalue weighted by Gasteiger charge is -2.26. The third kappa shape index (κ3) is 3.24. The largest absolute Gasteiger partial charge is 0.241 e. The van der Waals surface area contributed by atoms with Gasteiger partial charge < -0.3 is 0 Å². The van der Waals surface area contributed by atoms with Crippen LogP contribution in [0.2, 0.25) is 0 Å². The second-order valence-electron chi connectivity index (χ2n) is 5.99. The Morgan fingerprint density at radius 3 is 2.17 bits per heavy atom. The molecule has 1 aliphatic rings. The Hall–Kier alpha value is -1.70. The number of hydrogen-bond donors (Lipinski definition) is 1. The molecule has 0 spiro atoms. The van der Waals surface area contributed by atoms with Crippen molar-refractivity contribution in [2.24, 2.45) is 0 Å². The monoisotopic (exact) mass is 365 g/mol. The molecular weight excluding hydrogens is 346 g/mol. The van der Waals surface area contributed by atoms with Crippen molar-refractivity contribution in [1.29, 1.82) is 0 Å². The first kappa shape index (κ1) is 17.1. The number of aryl methyl sites for hydroxylation is 1. The third-order valence-electron chi connectivity index (χ3n) is 4.24. The Kier molecular flexibility index (Phi) is 4.50. The van der Waals surface area contributed by atoms with Crippen LogP contribution >= 0.6 is 0 Å². The van der Waals surface area contributed by atoms with Crippen LogP contribution in [-0.4, -0.2) is 22.9 Å². The zero-order chi connectivity index (χ0) is 17.4. The molecule has 0 unspecified atom stereocenters. The van der Waals surface area contributed by atoms with E-state index < -0.39 is 19.9 Å². The Morgan fingerprint density at radius 2 is 1.58 bits per heavy atom. The first-order valence-electron chi connectivity index (χ1n) is 7.74. The fourth-order valence-electron chi connectivity index (χ4n) is 2.58. The van der Waals surface area contributed by atoms with Gasteiger partial charge in [-0.15, -0.1) is 0 Å². The van der Waals surface area contributed by atoms with Crippen LogP contribution in [0, 0.1) is 6.92 Å². The highest BCUT2D eigenvalue weighted by Gasteiger charge is 2.27. The average molecular weight is 365 g/mol. The number of rotatable bonds is 5. The number of sulfone groups is 1. The van der Waals surface area contributed by atoms with E-state index >= 15 is 0 Å². The van der Waals surface area contributed by atoms with Crippen molar-refractivity contribution in [2.75, 3.05) is 0 Å². The Balaban J connectivity index is 2.03. The van der Waals surface area contributed by atoms with Crippen molar-refractivity contribution in [2.45, 2.75) is 46.9 Å². The summed E-state index contributed by atoms with van der Waals surface area (Å²) >= 11 is 0. The summed E-state index contributed by atoms with van der Waals surface area (Å²) in [7, 11) is -7.48. The predicted octanol–water partition coefficient (Wildman–Crippen LogP) is 2.66. The van der Waals surface area contributed by atoms with Crippen molar-refractivity contribution < 1.29 is 16.8 Å². The first-order valence-corrected chi connectivity index (χ1v) is 10.7. The van der Waals surface area contributed by atoms with Gasteiger partial charge in [0.15, 0.2) is 0 Å². The SMILES string of the molecule is Cc1ccc(S(=O)(=O)c2ccccc2)cc1S(=O)(=O)NC1CCC1. The fraction of sp³-hybridized carbons (Fsp3) is 0.294. The number of hydrogen-bond acceptors (Lipinski definition) is 4. The normalized spacial score (nSPS) is 15.9. The topological polar surface area (TPSA) is 80.3 Å². The van der Waals surface area contributed by atoms with Gasteiger partial charge in [0.2, 0.25) is 19.9 Å². The van der Waals surface area contributed by atoms with Crippen molar-refractivity contribution in [1.82, 2.24) is 4.72 Å². The third-order valence-corrected chi connectivity index (χ3v) is 7.67. The molecular formula is C17H19NO4S2. The van der Waals surface area contributed by atoms with E-state index in [2.05, 4.69) is 4.72 Å². The maximum atomic E-state index is 12.7. The lowest BCUT2D eigenvalue weighted by Crippen LogP contribution is -2.39. The summed E-state index contributed by atoms with van der Waals surface area (Å²) < 4.78 is 53.2. The summed E-state index contributed by atoms with van der Waals surface area (Å²) in [5.41, 5.74) is 0.522. The van der Waals surface area contributed by atoms with Gasteiger partial charge in [-0.25, -0.2) is 21.6 Å². The molecule has 2 aromatic rings. The lowest BCUT2D eigenvalue weighted by atomic mass is 9.94. The zero-order valence-electron chi connectivity index (χ0n) is 13.3. The zero-order valence-corrected chi connectivity index (χ0v) is 14.9. The molecule has 0 aliphatic heterocycles. The van der Waals surface area contributed by atoms with Gasteiger partial charge in [0.05, 0.1) is 14.7 Å². The first-order chi connectivity index (χ1) is 11.3. The maximum absolute atomic E-state index is 12.7. The molecule has 5 nitrogen and oxygen atoms in total. The molecule has 0 saturated heterocycles. The highest BCUT2D eigenvalue weighted by Crippen LogP contribution is 2.27. The van der Waals surface area contributed by atoms with E-state index in [4.69, 9.17) is 0 Å². The van der Waals surface area contributed by atoms with Crippen molar-refractivity contribution >= 4 is 19.9 Å². The van der Waals surface area contributed by atoms with Gasteiger partial charge in [-0.05, 0) is 49.6 Å². The van der Waals surface area contributed by atoms with Gasteiger partial charge in [-0.3, -0.25) is 0 Å². The highest BCUT2D eigenvalue weighted by molar-refractivity contribution is 7.91. The number of sulfonamides is 1. The van der Waals surface area contributed by atoms with Gasteiger partial charge in [-0.2, -0.15) is 0 Å². The molecule has 0 bridgehead atoms. The Morgan fingerprint density at radius 1 is 0.917 bits per heavy atom. The predicted molar refractivity (Wildman–Crippen MR) is 91.0 cm³/mol. The highest BCUT2D eigenvalue weighted by atomic mass is 32.2. The summed E-state index contributed by atoms with van der Waals surface area (Å²) in [6.45, 7) is 1.66. The molecule has 1 aliphatic carbocycles. The second kappa shape index (κ2) is 6.31. The summed E-state index contributed by atoms with van der Waals surface area (Å²) in [6.07, 6.45) is 2.65. The molecule has 1 N–H and O–H groups in total. The van der Waals surface area contributed by atoms with Crippen LogP contribution < -0.4 is 4.72 Å². The molecule has 24 heavy (non-hydrogen) atoms. The molecule has 1 fully saturated rings. The summed E-state index contributed by atoms with van der Waals surface area (Å²) in [4.78, 5) is 0.142. The number of benzene rings is 2. The van der Waals surface area contributed by atoms with E-state index in [1.54, 1.807) is 25.1 Å². The summed E-state index contributed by atoms with van der Waals surface area (Å²) in [5.74, 6) is 0. The minimum atomic E-state index is -3.75. The molecule has 0 aromatic heterocycles. The molecule has 3 rings (SSSR count). The van der Waals surface area contributed by atoms with E-state index in [-0.39, 0.29) is 20.7 Å². The van der Waals surface area contributed by atoms with Crippen molar-refractivity contribution in [3.8, 4) is 0 Å². The van der Waals surface area contributed by atoms with Crippen LogP contribution in [0.25, 0.3) is 0 Å². The molecule has 1 saturated carbocycles. The van der Waals surface area contributed by atoms with Gasteiger partial charge in [-0.1, -0.05) is 30.7 Å². The molecule has 2 aromatic carbocycles. The average Bonchev–Trinajstić information content (AvgIpc) is 2.52. The molecule has 7 heteroatoms. The van der Waals surface area contributed by atoms with Gasteiger partial charge in [0.1, 0.15) is 0 Å². The fourth-order valence-corrected chi connectivity index (χ4v) is 5.54. The molecule has 0 heterocycles. The Bertz CT molecular complexity index is 947. The van der Waals surface area contributed by atoms with Crippen LogP contribution in [0.4, 0.5) is 0 Å². The second-order valence-corrected chi connectivity index (χ2v) is 9.62. The molecule has 0 atom stereocenters. The molecule has 0 amide bonds. The van der Waals surface area contributed by atoms with E-state index in [9.17, 15) is 16.8 Å². The lowest BCUT2D eigenvalue weighted by molar-refractivity contribution is 0.383. The van der Waals surface area contributed by atoms with Gasteiger partial charge in [0.25, 0.3) is 0 Å². The minimum absolute atomic E-state index is 0.0198. The molecule has 128 valence electrons. The van der Waals surface area contributed by atoms with Gasteiger partial charge >= 0.3 is 0 Å². The number of nitrogens with one attached hydrogen (secondary N) is 1. The van der Waals surface area contributed by atoms with E-state index in [0.29, 0.717) is 5.56 Å². The van der Waals surface area contributed by atoms with Gasteiger partial charge in [0, 0.05) is 6.04 Å². The smallest absolute Gasteiger partial charge is 0.219 e. The summed E-state index contributed by atoms with van der Waals surface area (Å²) in [6, 6.07) is 12.2. The van der Waals surface area contributed by atoms with Crippen molar-refractivity contribution in [3.05, 3.63) is 54.1 Å². The molecule has 0 radical (unpaired) electrons. The van der Waals surface area contributed by atoms with Crippen LogP contribution in [0.15, 0.2) is 63.2 Å². The van der Waals surface area contributed by atoms with Crippen molar-refractivity contribution in [3.63, 3.8) is 0 Å². The van der Waals surface area contributed by atoms with Crippen LogP contribution in [0.1, 0.15) is 24.8 Å². The Labute approximate surface area is 142 Å². The van der Waals surface area contributed by atoms with E-state index in [0.717, 1.165) is 19.3 Å². The summed E-state index contributed by atoms with van der Waals surface area (Å²) in [5, 5.41) is 0. The quantitative estimate of drug-likeness (QED) is 0.883. The maximum Gasteiger partial charge on any atom is 0.241 e. The van der Waals surface area contributed by atoms with Crippen LogP contribution in [0.5, 0.6) is 0 Å². The standard InChI is InChI=1S/C17H19NO4S2/c1-13-10-11-16(23(19,20)15-8-3-2-4-9-15)12-17(13)24(21,22)18-14-6-5-7-14/h2-4,8-12,14,18H,5-7H2,1H3. The minimum Gasteiger partial charge on any atom is -0.219 e. The van der Waals surface area contributed by atoms with Crippen LogP contribution in [-0.2, 0) is 19.9 Å². The van der Waals surface area contributed by atoms with E-state index in [1.807, 2.05) is 0 Å². The van der Waals surface area contributed by atoms with Crippen LogP contribution in [0.3, 0.4) is 0 Å².